The van der Waals surface area contributed by atoms with E-state index >= 15 is 0 Å². The fourth-order valence-electron chi connectivity index (χ4n) is 5.03. The highest BCUT2D eigenvalue weighted by molar-refractivity contribution is 8.00. The Labute approximate surface area is 241 Å². The van der Waals surface area contributed by atoms with Crippen molar-refractivity contribution >= 4 is 29.4 Å². The van der Waals surface area contributed by atoms with Crippen LogP contribution < -0.4 is 19.7 Å². The zero-order valence-corrected chi connectivity index (χ0v) is 25.6. The van der Waals surface area contributed by atoms with Gasteiger partial charge in [-0.15, -0.1) is 11.8 Å². The Kier molecular flexibility index (Phi) is 8.83. The van der Waals surface area contributed by atoms with Crippen LogP contribution in [0.15, 0.2) is 36.4 Å². The number of nitrogens with zero attached hydrogens (tertiary/aromatic N) is 3. The highest BCUT2D eigenvalue weighted by Crippen LogP contribution is 2.49. The summed E-state index contributed by atoms with van der Waals surface area (Å²) in [5.74, 6) is 1.78. The van der Waals surface area contributed by atoms with Crippen LogP contribution in [-0.4, -0.2) is 54.7 Å². The van der Waals surface area contributed by atoms with Gasteiger partial charge in [0.25, 0.3) is 0 Å². The van der Waals surface area contributed by atoms with E-state index < -0.39 is 0 Å². The van der Waals surface area contributed by atoms with Crippen molar-refractivity contribution in [2.24, 2.45) is 0 Å². The predicted molar refractivity (Wildman–Crippen MR) is 161 cm³/mol. The molecule has 0 spiro atoms. The quantitative estimate of drug-likeness (QED) is 0.389. The molecule has 3 aromatic rings. The number of thioether (sulfide) groups is 1. The van der Waals surface area contributed by atoms with E-state index in [1.54, 1.807) is 30.9 Å². The number of carbonyl (C=O) groups is 2. The van der Waals surface area contributed by atoms with Crippen molar-refractivity contribution in [3.63, 3.8) is 0 Å². The van der Waals surface area contributed by atoms with Gasteiger partial charge in [-0.05, 0) is 49.6 Å². The summed E-state index contributed by atoms with van der Waals surface area (Å²) in [4.78, 5) is 28.5. The lowest BCUT2D eigenvalue weighted by atomic mass is 9.87. The van der Waals surface area contributed by atoms with E-state index in [0.717, 1.165) is 40.1 Å². The molecule has 0 aliphatic carbocycles. The number of methoxy groups -OCH3 is 2. The molecule has 0 bridgehead atoms. The molecule has 4 rings (SSSR count). The molecule has 1 aromatic heterocycles. The summed E-state index contributed by atoms with van der Waals surface area (Å²) in [7, 11) is 3.23. The first-order chi connectivity index (χ1) is 19.0. The van der Waals surface area contributed by atoms with Gasteiger partial charge in [-0.25, -0.2) is 4.68 Å². The molecule has 1 atom stereocenters. The van der Waals surface area contributed by atoms with E-state index in [4.69, 9.17) is 14.6 Å². The monoisotopic (exact) mass is 564 g/mol. The molecule has 0 radical (unpaired) electrons. The van der Waals surface area contributed by atoms with E-state index in [2.05, 4.69) is 39.1 Å². The Morgan fingerprint density at radius 2 is 1.82 bits per heavy atom. The SMILES string of the molecule is CCCNC(=O)CN1C(=O)CSC(c2ccc(OC)c(OC)c2)c2c(C(C)(C)C)nn(-c3ccc(C)cc3C)c21. The first-order valence-electron chi connectivity index (χ1n) is 13.6. The standard InChI is InChI=1S/C31H40N4O4S/c1-9-14-32-25(36)17-34-26(37)18-40-28(21-11-13-23(38-7)24(16-21)39-8)27-29(31(4,5)6)33-35(30(27)34)22-12-10-19(2)15-20(22)3/h10-13,15-16,28H,9,14,17-18H2,1-8H3,(H,32,36). The van der Waals surface area contributed by atoms with Crippen LogP contribution in [0, 0.1) is 13.8 Å². The van der Waals surface area contributed by atoms with Crippen molar-refractivity contribution in [3.05, 3.63) is 64.3 Å². The summed E-state index contributed by atoms with van der Waals surface area (Å²) in [6, 6.07) is 12.1. The molecule has 40 heavy (non-hydrogen) atoms. The lowest BCUT2D eigenvalue weighted by Gasteiger charge is -2.25. The number of aryl methyl sites for hydroxylation is 2. The maximum atomic E-state index is 13.8. The number of anilines is 1. The second-order valence-corrected chi connectivity index (χ2v) is 12.3. The van der Waals surface area contributed by atoms with Crippen molar-refractivity contribution in [1.82, 2.24) is 15.1 Å². The Hall–Kier alpha value is -3.46. The van der Waals surface area contributed by atoms with Crippen LogP contribution in [0.1, 0.15) is 67.3 Å². The van der Waals surface area contributed by atoms with Crippen LogP contribution in [-0.2, 0) is 15.0 Å². The van der Waals surface area contributed by atoms with Gasteiger partial charge in [-0.2, -0.15) is 5.10 Å². The molecule has 9 heteroatoms. The molecule has 0 saturated heterocycles. The van der Waals surface area contributed by atoms with E-state index in [1.807, 2.05) is 48.9 Å². The number of benzene rings is 2. The zero-order chi connectivity index (χ0) is 29.2. The molecule has 1 N–H and O–H groups in total. The van der Waals surface area contributed by atoms with Gasteiger partial charge in [0.05, 0.1) is 36.6 Å². The Balaban J connectivity index is 2.03. The number of rotatable bonds is 8. The summed E-state index contributed by atoms with van der Waals surface area (Å²) >= 11 is 1.54. The van der Waals surface area contributed by atoms with Crippen molar-refractivity contribution in [2.75, 3.05) is 38.0 Å². The van der Waals surface area contributed by atoms with Gasteiger partial charge in [0.15, 0.2) is 11.5 Å². The maximum Gasteiger partial charge on any atom is 0.240 e. The molecule has 2 aromatic carbocycles. The number of amides is 2. The van der Waals surface area contributed by atoms with E-state index in [9.17, 15) is 9.59 Å². The van der Waals surface area contributed by atoms with Gasteiger partial charge in [0.2, 0.25) is 11.8 Å². The molecule has 1 unspecified atom stereocenters. The van der Waals surface area contributed by atoms with Crippen molar-refractivity contribution in [2.45, 2.75) is 58.6 Å². The number of nitrogens with one attached hydrogen (secondary N) is 1. The summed E-state index contributed by atoms with van der Waals surface area (Å²) in [5.41, 5.74) is 5.49. The third kappa shape index (κ3) is 5.84. The minimum absolute atomic E-state index is 0.0781. The number of hydrogen-bond acceptors (Lipinski definition) is 6. The van der Waals surface area contributed by atoms with Crippen LogP contribution in [0.25, 0.3) is 5.69 Å². The smallest absolute Gasteiger partial charge is 0.240 e. The van der Waals surface area contributed by atoms with Gasteiger partial charge < -0.3 is 14.8 Å². The number of ether oxygens (including phenoxy) is 2. The Morgan fingerprint density at radius 1 is 1.10 bits per heavy atom. The third-order valence-corrected chi connectivity index (χ3v) is 8.22. The summed E-state index contributed by atoms with van der Waals surface area (Å²) in [6.45, 7) is 13.0. The average Bonchev–Trinajstić information content (AvgIpc) is 3.24. The second-order valence-electron chi connectivity index (χ2n) is 11.2. The van der Waals surface area contributed by atoms with Gasteiger partial charge in [0, 0.05) is 17.5 Å². The van der Waals surface area contributed by atoms with Crippen LogP contribution >= 0.6 is 11.8 Å². The Bertz CT molecular complexity index is 1410. The summed E-state index contributed by atoms with van der Waals surface area (Å²) < 4.78 is 13.0. The number of aromatic nitrogens is 2. The van der Waals surface area contributed by atoms with Crippen LogP contribution in [0.5, 0.6) is 11.5 Å². The molecule has 8 nitrogen and oxygen atoms in total. The summed E-state index contributed by atoms with van der Waals surface area (Å²) in [6.07, 6.45) is 0.816. The second kappa shape index (κ2) is 12.0. The zero-order valence-electron chi connectivity index (χ0n) is 24.8. The van der Waals surface area contributed by atoms with Gasteiger partial charge in [-0.3, -0.25) is 14.5 Å². The molecule has 2 heterocycles. The fraction of sp³-hybridized carbons (Fsp3) is 0.452. The van der Waals surface area contributed by atoms with Crippen LogP contribution in [0.2, 0.25) is 0 Å². The van der Waals surface area contributed by atoms with E-state index in [1.165, 1.54) is 0 Å². The lowest BCUT2D eigenvalue weighted by Crippen LogP contribution is -2.42. The minimum Gasteiger partial charge on any atom is -0.493 e. The lowest BCUT2D eigenvalue weighted by molar-refractivity contribution is -0.122. The molecule has 0 fully saturated rings. The summed E-state index contributed by atoms with van der Waals surface area (Å²) in [5, 5.41) is 7.91. The highest BCUT2D eigenvalue weighted by Gasteiger charge is 2.40. The predicted octanol–water partition coefficient (Wildman–Crippen LogP) is 5.50. The van der Waals surface area contributed by atoms with Crippen molar-refractivity contribution in [1.29, 1.82) is 0 Å². The molecular formula is C31H40N4O4S. The van der Waals surface area contributed by atoms with E-state index in [-0.39, 0.29) is 34.8 Å². The van der Waals surface area contributed by atoms with Gasteiger partial charge in [0.1, 0.15) is 12.4 Å². The Morgan fingerprint density at radius 3 is 2.45 bits per heavy atom. The molecule has 1 aliphatic rings. The molecule has 0 saturated carbocycles. The van der Waals surface area contributed by atoms with Crippen LogP contribution in [0.3, 0.4) is 0 Å². The van der Waals surface area contributed by atoms with Crippen molar-refractivity contribution in [3.8, 4) is 17.2 Å². The topological polar surface area (TPSA) is 85.7 Å². The van der Waals surface area contributed by atoms with Crippen LogP contribution in [0.4, 0.5) is 5.82 Å². The van der Waals surface area contributed by atoms with E-state index in [0.29, 0.717) is 23.9 Å². The molecule has 214 valence electrons. The van der Waals surface area contributed by atoms with Gasteiger partial charge in [-0.1, -0.05) is 51.5 Å². The normalized spacial score (nSPS) is 15.4. The number of fused-ring (bicyclic) bond motifs is 1. The minimum atomic E-state index is -0.340. The molecule has 1 aliphatic heterocycles. The number of carbonyl (C=O) groups excluding carboxylic acids is 2. The largest absolute Gasteiger partial charge is 0.493 e. The first-order valence-corrected chi connectivity index (χ1v) is 14.7. The molecular weight excluding hydrogens is 524 g/mol. The van der Waals surface area contributed by atoms with Crippen molar-refractivity contribution < 1.29 is 19.1 Å². The fourth-order valence-corrected chi connectivity index (χ4v) is 6.22. The first kappa shape index (κ1) is 29.5. The van der Waals surface area contributed by atoms with Gasteiger partial charge >= 0.3 is 0 Å². The third-order valence-electron chi connectivity index (χ3n) is 6.96. The highest BCUT2D eigenvalue weighted by atomic mass is 32.2. The maximum absolute atomic E-state index is 13.8. The number of hydrogen-bond donors (Lipinski definition) is 1. The molecule has 2 amide bonds. The average molecular weight is 565 g/mol.